The van der Waals surface area contributed by atoms with Crippen molar-refractivity contribution in [2.45, 2.75) is 19.9 Å². The second-order valence-electron chi connectivity index (χ2n) is 8.59. The second-order valence-corrected chi connectivity index (χ2v) is 9.00. The van der Waals surface area contributed by atoms with Gasteiger partial charge in [0, 0.05) is 23.7 Å². The van der Waals surface area contributed by atoms with Gasteiger partial charge in [0.05, 0.1) is 25.3 Å². The zero-order valence-corrected chi connectivity index (χ0v) is 20.6. The minimum absolute atomic E-state index is 0.154. The lowest BCUT2D eigenvalue weighted by Crippen LogP contribution is -2.34. The maximum absolute atomic E-state index is 13.4. The van der Waals surface area contributed by atoms with E-state index in [0.717, 1.165) is 40.4 Å². The van der Waals surface area contributed by atoms with E-state index in [9.17, 15) is 4.79 Å². The number of carbonyl (C=O) groups is 1. The van der Waals surface area contributed by atoms with Gasteiger partial charge in [-0.25, -0.2) is 0 Å². The average Bonchev–Trinajstić information content (AvgIpc) is 3.20. The fourth-order valence-electron chi connectivity index (χ4n) is 4.49. The zero-order chi connectivity index (χ0) is 24.5. The van der Waals surface area contributed by atoms with Crippen LogP contribution in [0.25, 0.3) is 6.08 Å². The average molecular weight is 492 g/mol. The van der Waals surface area contributed by atoms with Gasteiger partial charge >= 0.3 is 0 Å². The number of allylic oxidation sites excluding steroid dienone is 1. The molecule has 0 saturated carbocycles. The fourth-order valence-corrected chi connectivity index (χ4v) is 4.72. The first-order valence-electron chi connectivity index (χ1n) is 11.4. The van der Waals surface area contributed by atoms with Crippen molar-refractivity contribution < 1.29 is 23.7 Å². The largest absolute Gasteiger partial charge is 0.497 e. The third-order valence-corrected chi connectivity index (χ3v) is 6.74. The number of halogens is 1. The van der Waals surface area contributed by atoms with Crippen molar-refractivity contribution >= 4 is 23.5 Å². The molecule has 3 aromatic carbocycles. The number of Topliss-reactive ketones (excluding diaryl/α,β-unsaturated/α-hetero) is 1. The predicted octanol–water partition coefficient (Wildman–Crippen LogP) is 5.68. The maximum Gasteiger partial charge on any atom is 0.232 e. The van der Waals surface area contributed by atoms with E-state index in [1.165, 1.54) is 0 Å². The monoisotopic (exact) mass is 491 g/mol. The lowest BCUT2D eigenvalue weighted by atomic mass is 9.98. The van der Waals surface area contributed by atoms with Crippen molar-refractivity contribution in [3.05, 3.63) is 87.1 Å². The van der Waals surface area contributed by atoms with E-state index in [0.29, 0.717) is 41.7 Å². The van der Waals surface area contributed by atoms with Crippen LogP contribution in [0.4, 0.5) is 0 Å². The normalized spacial score (nSPS) is 15.9. The first-order valence-corrected chi connectivity index (χ1v) is 11.8. The number of ketones is 1. The van der Waals surface area contributed by atoms with Crippen LogP contribution < -0.4 is 18.9 Å². The number of rotatable bonds is 6. The minimum Gasteiger partial charge on any atom is -0.497 e. The molecule has 3 aromatic rings. The topological polar surface area (TPSA) is 57.2 Å². The van der Waals surface area contributed by atoms with Crippen LogP contribution in [-0.2, 0) is 13.0 Å². The van der Waals surface area contributed by atoms with Crippen molar-refractivity contribution in [2.24, 2.45) is 0 Å². The van der Waals surface area contributed by atoms with E-state index in [4.69, 9.17) is 30.5 Å². The summed E-state index contributed by atoms with van der Waals surface area (Å²) in [6, 6.07) is 15.2. The van der Waals surface area contributed by atoms with Gasteiger partial charge in [-0.15, -0.1) is 0 Å². The Labute approximate surface area is 209 Å². The van der Waals surface area contributed by atoms with Crippen molar-refractivity contribution in [3.63, 3.8) is 0 Å². The molecule has 0 bridgehead atoms. The molecule has 0 aromatic heterocycles. The molecule has 5 rings (SSSR count). The van der Waals surface area contributed by atoms with E-state index in [1.807, 2.05) is 49.4 Å². The molecule has 0 atom stereocenters. The summed E-state index contributed by atoms with van der Waals surface area (Å²) in [6.07, 6.45) is 2.50. The van der Waals surface area contributed by atoms with Gasteiger partial charge in [0.25, 0.3) is 0 Å². The third kappa shape index (κ3) is 4.47. The Bertz CT molecular complexity index is 1330. The number of aryl methyl sites for hydroxylation is 1. The summed E-state index contributed by atoms with van der Waals surface area (Å²) < 4.78 is 23.1. The van der Waals surface area contributed by atoms with E-state index in [2.05, 4.69) is 4.90 Å². The Morgan fingerprint density at radius 1 is 1.11 bits per heavy atom. The van der Waals surface area contributed by atoms with Gasteiger partial charge in [-0.1, -0.05) is 29.8 Å². The molecule has 0 fully saturated rings. The molecule has 0 amide bonds. The zero-order valence-electron chi connectivity index (χ0n) is 19.9. The van der Waals surface area contributed by atoms with Crippen molar-refractivity contribution in [3.8, 4) is 23.0 Å². The molecule has 2 heterocycles. The molecule has 0 unspecified atom stereocenters. The van der Waals surface area contributed by atoms with Crippen LogP contribution in [0.1, 0.15) is 32.6 Å². The first-order chi connectivity index (χ1) is 17.0. The van der Waals surface area contributed by atoms with Gasteiger partial charge < -0.3 is 18.9 Å². The van der Waals surface area contributed by atoms with E-state index in [-0.39, 0.29) is 11.5 Å². The SMILES string of the molecule is COc1ccc(OC)c(/C=C2\Oc3c4c(cc(C)c3C2=O)OCN(CCc2ccccc2Cl)C4)c1. The number of fused-ring (bicyclic) bond motifs is 3. The van der Waals surface area contributed by atoms with Crippen LogP contribution in [0.2, 0.25) is 5.02 Å². The quantitative estimate of drug-likeness (QED) is 0.414. The molecular formula is C28H26ClNO5. The molecule has 0 spiro atoms. The van der Waals surface area contributed by atoms with Gasteiger partial charge in [0.1, 0.15) is 29.7 Å². The predicted molar refractivity (Wildman–Crippen MR) is 135 cm³/mol. The van der Waals surface area contributed by atoms with Crippen molar-refractivity contribution in [1.82, 2.24) is 4.90 Å². The highest BCUT2D eigenvalue weighted by Crippen LogP contribution is 2.44. The molecule has 0 aliphatic carbocycles. The van der Waals surface area contributed by atoms with Crippen LogP contribution in [0.15, 0.2) is 54.3 Å². The van der Waals surface area contributed by atoms with Gasteiger partial charge in [-0.3, -0.25) is 9.69 Å². The number of ether oxygens (including phenoxy) is 4. The van der Waals surface area contributed by atoms with Crippen LogP contribution in [0.3, 0.4) is 0 Å². The molecular weight excluding hydrogens is 466 g/mol. The standard InChI is InChI=1S/C28H26ClNO5/c1-17-12-24-21(15-30(16-34-24)11-10-18-6-4-5-7-22(18)29)28-26(17)27(31)25(35-28)14-19-13-20(32-2)8-9-23(19)33-3/h4-9,12-14H,10-11,15-16H2,1-3H3/b25-14-. The molecule has 2 aliphatic heterocycles. The molecule has 35 heavy (non-hydrogen) atoms. The highest BCUT2D eigenvalue weighted by atomic mass is 35.5. The van der Waals surface area contributed by atoms with E-state index >= 15 is 0 Å². The van der Waals surface area contributed by atoms with Gasteiger partial charge in [0.2, 0.25) is 5.78 Å². The Kier molecular flexibility index (Phi) is 6.41. The van der Waals surface area contributed by atoms with Gasteiger partial charge in [0.15, 0.2) is 5.76 Å². The Balaban J connectivity index is 1.43. The summed E-state index contributed by atoms with van der Waals surface area (Å²) in [5.41, 5.74) is 4.08. The summed E-state index contributed by atoms with van der Waals surface area (Å²) in [6.45, 7) is 3.75. The molecule has 7 heteroatoms. The number of hydrogen-bond acceptors (Lipinski definition) is 6. The number of nitrogens with zero attached hydrogens (tertiary/aromatic N) is 1. The number of carbonyl (C=O) groups excluding carboxylic acids is 1. The summed E-state index contributed by atoms with van der Waals surface area (Å²) in [5, 5.41) is 0.763. The summed E-state index contributed by atoms with van der Waals surface area (Å²) >= 11 is 6.33. The number of benzene rings is 3. The van der Waals surface area contributed by atoms with Crippen LogP contribution in [0, 0.1) is 6.92 Å². The first kappa shape index (κ1) is 23.3. The highest BCUT2D eigenvalue weighted by Gasteiger charge is 2.35. The van der Waals surface area contributed by atoms with E-state index in [1.54, 1.807) is 26.4 Å². The lowest BCUT2D eigenvalue weighted by Gasteiger charge is -2.30. The smallest absolute Gasteiger partial charge is 0.232 e. The minimum atomic E-state index is -0.154. The molecule has 180 valence electrons. The molecule has 2 aliphatic rings. The summed E-state index contributed by atoms with van der Waals surface area (Å²) in [5.74, 6) is 2.70. The maximum atomic E-state index is 13.4. The van der Waals surface area contributed by atoms with Gasteiger partial charge in [-0.05, 0) is 60.9 Å². The number of hydrogen-bond donors (Lipinski definition) is 0. The Morgan fingerprint density at radius 2 is 1.94 bits per heavy atom. The highest BCUT2D eigenvalue weighted by molar-refractivity contribution is 6.31. The summed E-state index contributed by atoms with van der Waals surface area (Å²) in [4.78, 5) is 15.5. The summed E-state index contributed by atoms with van der Waals surface area (Å²) in [7, 11) is 3.18. The lowest BCUT2D eigenvalue weighted by molar-refractivity contribution is 0.0949. The third-order valence-electron chi connectivity index (χ3n) is 6.37. The molecule has 0 N–H and O–H groups in total. The fraction of sp³-hybridized carbons (Fsp3) is 0.250. The van der Waals surface area contributed by atoms with Gasteiger partial charge in [-0.2, -0.15) is 0 Å². The van der Waals surface area contributed by atoms with E-state index < -0.39 is 0 Å². The number of methoxy groups -OCH3 is 2. The molecule has 0 radical (unpaired) electrons. The molecule has 0 saturated heterocycles. The Hall–Kier alpha value is -3.48. The Morgan fingerprint density at radius 3 is 2.71 bits per heavy atom. The van der Waals surface area contributed by atoms with Crippen LogP contribution in [-0.4, -0.2) is 38.2 Å². The van der Waals surface area contributed by atoms with Crippen molar-refractivity contribution in [2.75, 3.05) is 27.5 Å². The van der Waals surface area contributed by atoms with Crippen molar-refractivity contribution in [1.29, 1.82) is 0 Å². The molecule has 6 nitrogen and oxygen atoms in total. The second kappa shape index (κ2) is 9.64. The van der Waals surface area contributed by atoms with Crippen LogP contribution in [0.5, 0.6) is 23.0 Å². The van der Waals surface area contributed by atoms with Crippen LogP contribution >= 0.6 is 11.6 Å².